The first-order valence-electron chi connectivity index (χ1n) is 8.77. The molecule has 0 aliphatic carbocycles. The van der Waals surface area contributed by atoms with Crippen LogP contribution >= 0.6 is 0 Å². The SMILES string of the molecule is CC(C)Oc1ccc([C@@H]2NC(=O)c3cccc4c3N2CC[C@H]4N)cc1. The number of nitrogens with two attached hydrogens (primary N) is 1. The molecule has 2 heterocycles. The minimum atomic E-state index is -0.179. The second-order valence-electron chi connectivity index (χ2n) is 6.94. The van der Waals surface area contributed by atoms with E-state index < -0.39 is 0 Å². The van der Waals surface area contributed by atoms with Crippen molar-refractivity contribution in [1.29, 1.82) is 0 Å². The molecule has 0 unspecified atom stereocenters. The Balaban J connectivity index is 1.71. The number of nitrogens with one attached hydrogen (secondary N) is 1. The number of hydrogen-bond acceptors (Lipinski definition) is 4. The van der Waals surface area contributed by atoms with Crippen molar-refractivity contribution in [2.75, 3.05) is 11.4 Å². The molecule has 2 aliphatic heterocycles. The van der Waals surface area contributed by atoms with E-state index in [2.05, 4.69) is 10.2 Å². The minimum absolute atomic E-state index is 0.0143. The number of hydrogen-bond donors (Lipinski definition) is 2. The zero-order valence-electron chi connectivity index (χ0n) is 14.5. The number of amides is 1. The lowest BCUT2D eigenvalue weighted by molar-refractivity contribution is 0.0925. The second kappa shape index (κ2) is 6.08. The lowest BCUT2D eigenvalue weighted by Gasteiger charge is -2.44. The molecule has 0 saturated carbocycles. The number of nitrogens with zero attached hydrogens (tertiary/aromatic N) is 1. The highest BCUT2D eigenvalue weighted by Crippen LogP contribution is 2.42. The van der Waals surface area contributed by atoms with Crippen LogP contribution in [0.1, 0.15) is 54.0 Å². The zero-order valence-corrected chi connectivity index (χ0v) is 14.5. The van der Waals surface area contributed by atoms with Crippen LogP contribution in [0, 0.1) is 0 Å². The number of anilines is 1. The molecule has 2 aromatic rings. The Morgan fingerprint density at radius 1 is 1.20 bits per heavy atom. The molecular formula is C20H23N3O2. The van der Waals surface area contributed by atoms with Crippen molar-refractivity contribution in [2.45, 2.75) is 38.6 Å². The average molecular weight is 337 g/mol. The Kier molecular flexibility index (Phi) is 3.88. The maximum absolute atomic E-state index is 12.6. The number of benzene rings is 2. The number of carbonyl (C=O) groups is 1. The molecule has 0 spiro atoms. The van der Waals surface area contributed by atoms with E-state index >= 15 is 0 Å². The summed E-state index contributed by atoms with van der Waals surface area (Å²) in [6.45, 7) is 4.83. The van der Waals surface area contributed by atoms with Crippen LogP contribution in [0.3, 0.4) is 0 Å². The summed E-state index contributed by atoms with van der Waals surface area (Å²) >= 11 is 0. The number of ether oxygens (including phenoxy) is 1. The fourth-order valence-electron chi connectivity index (χ4n) is 3.71. The molecule has 2 aromatic carbocycles. The molecule has 1 amide bonds. The quantitative estimate of drug-likeness (QED) is 0.903. The van der Waals surface area contributed by atoms with Crippen molar-refractivity contribution in [3.8, 4) is 5.75 Å². The maximum Gasteiger partial charge on any atom is 0.255 e. The fraction of sp³-hybridized carbons (Fsp3) is 0.350. The summed E-state index contributed by atoms with van der Waals surface area (Å²) in [5.41, 5.74) is 10.1. The Morgan fingerprint density at radius 2 is 1.96 bits per heavy atom. The molecule has 2 aliphatic rings. The highest BCUT2D eigenvalue weighted by Gasteiger charge is 2.37. The van der Waals surface area contributed by atoms with E-state index in [0.29, 0.717) is 5.56 Å². The molecule has 0 fully saturated rings. The summed E-state index contributed by atoms with van der Waals surface area (Å²) in [5, 5.41) is 3.13. The van der Waals surface area contributed by atoms with Gasteiger partial charge in [0.15, 0.2) is 0 Å². The van der Waals surface area contributed by atoms with Crippen molar-refractivity contribution < 1.29 is 9.53 Å². The van der Waals surface area contributed by atoms with Crippen molar-refractivity contribution in [1.82, 2.24) is 5.32 Å². The summed E-state index contributed by atoms with van der Waals surface area (Å²) in [6, 6.07) is 13.8. The predicted molar refractivity (Wildman–Crippen MR) is 97.7 cm³/mol. The average Bonchev–Trinajstić information content (AvgIpc) is 2.60. The number of carbonyl (C=O) groups excluding carboxylic acids is 1. The Bertz CT molecular complexity index is 801. The van der Waals surface area contributed by atoms with Crippen LogP contribution in [0.15, 0.2) is 42.5 Å². The van der Waals surface area contributed by atoms with Crippen LogP contribution in [-0.2, 0) is 0 Å². The van der Waals surface area contributed by atoms with Gasteiger partial charge in [0.25, 0.3) is 5.91 Å². The maximum atomic E-state index is 12.6. The molecule has 2 atom stereocenters. The predicted octanol–water partition coefficient (Wildman–Crippen LogP) is 3.13. The molecule has 0 aromatic heterocycles. The van der Waals surface area contributed by atoms with E-state index in [4.69, 9.17) is 10.5 Å². The third-order valence-corrected chi connectivity index (χ3v) is 4.83. The van der Waals surface area contributed by atoms with Crippen molar-refractivity contribution in [2.24, 2.45) is 5.73 Å². The van der Waals surface area contributed by atoms with E-state index in [0.717, 1.165) is 35.5 Å². The van der Waals surface area contributed by atoms with Crippen molar-refractivity contribution >= 4 is 11.6 Å². The van der Waals surface area contributed by atoms with E-state index in [1.807, 2.05) is 56.3 Å². The summed E-state index contributed by atoms with van der Waals surface area (Å²) < 4.78 is 5.71. The number of para-hydroxylation sites is 1. The van der Waals surface area contributed by atoms with Crippen LogP contribution in [0.2, 0.25) is 0 Å². The topological polar surface area (TPSA) is 67.6 Å². The summed E-state index contributed by atoms with van der Waals surface area (Å²) in [6.07, 6.45) is 0.831. The van der Waals surface area contributed by atoms with E-state index in [1.54, 1.807) is 0 Å². The van der Waals surface area contributed by atoms with Gasteiger partial charge in [-0.25, -0.2) is 0 Å². The smallest absolute Gasteiger partial charge is 0.255 e. The van der Waals surface area contributed by atoms with Gasteiger partial charge in [-0.3, -0.25) is 4.79 Å². The van der Waals surface area contributed by atoms with Gasteiger partial charge in [-0.2, -0.15) is 0 Å². The first kappa shape index (κ1) is 16.0. The second-order valence-corrected chi connectivity index (χ2v) is 6.94. The van der Waals surface area contributed by atoms with Crippen molar-refractivity contribution in [3.63, 3.8) is 0 Å². The van der Waals surface area contributed by atoms with Gasteiger partial charge in [-0.1, -0.05) is 24.3 Å². The first-order valence-corrected chi connectivity index (χ1v) is 8.77. The minimum Gasteiger partial charge on any atom is -0.491 e. The standard InChI is InChI=1S/C20H23N3O2/c1-12(2)25-14-8-6-13(7-9-14)19-22-20(24)16-5-3-4-15-17(21)10-11-23(19)18(15)16/h3-9,12,17,19H,10-11,21H2,1-2H3,(H,22,24)/t17-,19-/m1/s1. The molecule has 130 valence electrons. The Morgan fingerprint density at radius 3 is 2.68 bits per heavy atom. The molecule has 4 rings (SSSR count). The first-order chi connectivity index (χ1) is 12.0. The largest absolute Gasteiger partial charge is 0.491 e. The lowest BCUT2D eigenvalue weighted by atomic mass is 9.90. The third-order valence-electron chi connectivity index (χ3n) is 4.83. The van der Waals surface area contributed by atoms with E-state index in [9.17, 15) is 4.79 Å². The summed E-state index contributed by atoms with van der Waals surface area (Å²) in [5.74, 6) is 0.789. The van der Waals surface area contributed by atoms with Gasteiger partial charge in [-0.05, 0) is 49.6 Å². The van der Waals surface area contributed by atoms with Crippen LogP contribution < -0.4 is 20.7 Å². The molecule has 5 heteroatoms. The summed E-state index contributed by atoms with van der Waals surface area (Å²) in [7, 11) is 0. The fourth-order valence-corrected chi connectivity index (χ4v) is 3.71. The molecule has 5 nitrogen and oxygen atoms in total. The van der Waals surface area contributed by atoms with Gasteiger partial charge < -0.3 is 20.7 Å². The third kappa shape index (κ3) is 2.74. The highest BCUT2D eigenvalue weighted by molar-refractivity contribution is 6.03. The Labute approximate surface area is 147 Å². The molecule has 3 N–H and O–H groups in total. The van der Waals surface area contributed by atoms with Gasteiger partial charge in [0.05, 0.1) is 17.4 Å². The van der Waals surface area contributed by atoms with Gasteiger partial charge in [0.2, 0.25) is 0 Å². The molecule has 0 bridgehead atoms. The van der Waals surface area contributed by atoms with Gasteiger partial charge in [0.1, 0.15) is 11.9 Å². The van der Waals surface area contributed by atoms with Gasteiger partial charge >= 0.3 is 0 Å². The van der Waals surface area contributed by atoms with Crippen LogP contribution in [-0.4, -0.2) is 18.6 Å². The normalized spacial score (nSPS) is 21.8. The van der Waals surface area contributed by atoms with Crippen LogP contribution in [0.25, 0.3) is 0 Å². The number of rotatable bonds is 3. The monoisotopic (exact) mass is 337 g/mol. The molecule has 25 heavy (non-hydrogen) atoms. The lowest BCUT2D eigenvalue weighted by Crippen LogP contribution is -2.49. The zero-order chi connectivity index (χ0) is 17.6. The molecule has 0 radical (unpaired) electrons. The Hall–Kier alpha value is -2.53. The highest BCUT2D eigenvalue weighted by atomic mass is 16.5. The van der Waals surface area contributed by atoms with Gasteiger partial charge in [0, 0.05) is 12.6 Å². The van der Waals surface area contributed by atoms with Gasteiger partial charge in [-0.15, -0.1) is 0 Å². The molecular weight excluding hydrogens is 314 g/mol. The van der Waals surface area contributed by atoms with Crippen LogP contribution in [0.5, 0.6) is 5.75 Å². The summed E-state index contributed by atoms with van der Waals surface area (Å²) in [4.78, 5) is 14.9. The van der Waals surface area contributed by atoms with E-state index in [1.165, 1.54) is 0 Å². The van der Waals surface area contributed by atoms with Crippen molar-refractivity contribution in [3.05, 3.63) is 59.2 Å². The van der Waals surface area contributed by atoms with E-state index in [-0.39, 0.29) is 24.2 Å². The molecule has 0 saturated heterocycles. The van der Waals surface area contributed by atoms with Crippen LogP contribution in [0.4, 0.5) is 5.69 Å².